The number of rotatable bonds is 3. The van der Waals surface area contributed by atoms with Gasteiger partial charge in [0.2, 0.25) is 0 Å². The average molecular weight is 429 g/mol. The summed E-state index contributed by atoms with van der Waals surface area (Å²) < 4.78 is 38.5. The lowest BCUT2D eigenvalue weighted by atomic mass is 10.0. The van der Waals surface area contributed by atoms with Crippen LogP contribution >= 0.6 is 11.3 Å². The normalized spacial score (nSPS) is 11.6. The number of hydrogen-bond donors (Lipinski definition) is 2. The molecule has 1 aromatic carbocycles. The Balaban J connectivity index is 1.69. The quantitative estimate of drug-likeness (QED) is 0.468. The molecule has 0 aliphatic carbocycles. The van der Waals surface area contributed by atoms with Crippen LogP contribution in [0.4, 0.5) is 18.9 Å². The van der Waals surface area contributed by atoms with Gasteiger partial charge in [0.05, 0.1) is 5.56 Å². The second-order valence-corrected chi connectivity index (χ2v) is 7.44. The van der Waals surface area contributed by atoms with E-state index in [0.717, 1.165) is 28.1 Å². The molecule has 152 valence electrons. The molecule has 5 nitrogen and oxygen atoms in total. The van der Waals surface area contributed by atoms with Crippen LogP contribution in [0.2, 0.25) is 0 Å². The maximum Gasteiger partial charge on any atom is 0.433 e. The fourth-order valence-corrected chi connectivity index (χ4v) is 4.30. The third-order valence-electron chi connectivity index (χ3n) is 4.65. The van der Waals surface area contributed by atoms with Gasteiger partial charge in [-0.15, -0.1) is 11.3 Å². The minimum Gasteiger partial charge on any atom is -0.329 e. The lowest BCUT2D eigenvalue weighted by Crippen LogP contribution is -2.14. The molecule has 4 aromatic rings. The van der Waals surface area contributed by atoms with Crippen molar-refractivity contribution in [1.82, 2.24) is 9.97 Å². The Hall–Kier alpha value is -3.46. The second kappa shape index (κ2) is 7.42. The van der Waals surface area contributed by atoms with E-state index in [1.54, 1.807) is 36.7 Å². The van der Waals surface area contributed by atoms with Crippen LogP contribution in [0.25, 0.3) is 21.2 Å². The predicted molar refractivity (Wildman–Crippen MR) is 110 cm³/mol. The number of nitrogens with zero attached hydrogens (tertiary/aromatic N) is 1. The number of alkyl halides is 3. The van der Waals surface area contributed by atoms with E-state index in [0.29, 0.717) is 16.5 Å². The smallest absolute Gasteiger partial charge is 0.329 e. The highest BCUT2D eigenvalue weighted by molar-refractivity contribution is 7.14. The molecule has 3 heterocycles. The van der Waals surface area contributed by atoms with Gasteiger partial charge in [0.15, 0.2) is 0 Å². The van der Waals surface area contributed by atoms with Crippen molar-refractivity contribution in [3.63, 3.8) is 0 Å². The summed E-state index contributed by atoms with van der Waals surface area (Å²) in [5.41, 5.74) is 0.552. The largest absolute Gasteiger partial charge is 0.433 e. The lowest BCUT2D eigenvalue weighted by molar-refractivity contribution is -0.141. The monoisotopic (exact) mass is 429 g/mol. The van der Waals surface area contributed by atoms with Crippen LogP contribution in [-0.2, 0) is 6.18 Å². The first-order chi connectivity index (χ1) is 14.3. The third kappa shape index (κ3) is 3.59. The number of aromatic nitrogens is 2. The van der Waals surface area contributed by atoms with Gasteiger partial charge in [0, 0.05) is 39.3 Å². The van der Waals surface area contributed by atoms with E-state index in [2.05, 4.69) is 15.3 Å². The Labute approximate surface area is 172 Å². The maximum atomic E-state index is 12.8. The molecule has 0 atom stereocenters. The molecule has 30 heavy (non-hydrogen) atoms. The van der Waals surface area contributed by atoms with E-state index in [4.69, 9.17) is 0 Å². The van der Waals surface area contributed by atoms with E-state index < -0.39 is 17.8 Å². The number of fused-ring (bicyclic) bond motifs is 1. The minimum atomic E-state index is -4.60. The van der Waals surface area contributed by atoms with E-state index in [1.807, 2.05) is 6.07 Å². The van der Waals surface area contributed by atoms with Gasteiger partial charge in [0.25, 0.3) is 11.5 Å². The van der Waals surface area contributed by atoms with Crippen LogP contribution in [0.15, 0.2) is 59.0 Å². The van der Waals surface area contributed by atoms with Crippen LogP contribution in [0, 0.1) is 6.92 Å². The fraction of sp³-hybridized carbons (Fsp3) is 0.0952. The standard InChI is InChI=1S/C21H14F3N3O2S/c1-11-16(20(29)27-12-5-7-25-17(9-12)21(22,23)24)10-30-18(11)14-3-2-4-15-13(14)6-8-26-19(15)28/h2-10H,1H3,(H,26,28)(H,25,27,29). The molecule has 2 N–H and O–H groups in total. The summed E-state index contributed by atoms with van der Waals surface area (Å²) in [6.45, 7) is 1.76. The van der Waals surface area contributed by atoms with Gasteiger partial charge in [-0.05, 0) is 42.1 Å². The van der Waals surface area contributed by atoms with Gasteiger partial charge < -0.3 is 10.3 Å². The summed E-state index contributed by atoms with van der Waals surface area (Å²) in [4.78, 5) is 31.5. The van der Waals surface area contributed by atoms with Gasteiger partial charge >= 0.3 is 6.18 Å². The molecule has 0 saturated carbocycles. The second-order valence-electron chi connectivity index (χ2n) is 6.56. The first-order valence-electron chi connectivity index (χ1n) is 8.79. The zero-order valence-electron chi connectivity index (χ0n) is 15.5. The van der Waals surface area contributed by atoms with Crippen molar-refractivity contribution in [2.45, 2.75) is 13.1 Å². The van der Waals surface area contributed by atoms with E-state index in [-0.39, 0.29) is 11.2 Å². The molecular weight excluding hydrogens is 415 g/mol. The zero-order chi connectivity index (χ0) is 21.5. The fourth-order valence-electron chi connectivity index (χ4n) is 3.19. The number of hydrogen-bond acceptors (Lipinski definition) is 4. The van der Waals surface area contributed by atoms with Gasteiger partial charge in [-0.2, -0.15) is 13.2 Å². The van der Waals surface area contributed by atoms with Gasteiger partial charge in [-0.3, -0.25) is 14.6 Å². The van der Waals surface area contributed by atoms with Crippen LogP contribution in [0.3, 0.4) is 0 Å². The first-order valence-corrected chi connectivity index (χ1v) is 9.67. The molecule has 9 heteroatoms. The molecular formula is C21H14F3N3O2S. The van der Waals surface area contributed by atoms with Crippen molar-refractivity contribution in [1.29, 1.82) is 0 Å². The van der Waals surface area contributed by atoms with E-state index in [9.17, 15) is 22.8 Å². The Morgan fingerprint density at radius 2 is 1.97 bits per heavy atom. The molecule has 0 radical (unpaired) electrons. The van der Waals surface area contributed by atoms with E-state index >= 15 is 0 Å². The number of amides is 1. The molecule has 0 bridgehead atoms. The van der Waals surface area contributed by atoms with Crippen LogP contribution in [0.1, 0.15) is 21.6 Å². The number of thiophene rings is 1. The number of nitrogens with one attached hydrogen (secondary N) is 2. The van der Waals surface area contributed by atoms with Crippen molar-refractivity contribution in [3.05, 3.63) is 81.3 Å². The first kappa shape index (κ1) is 19.8. The molecule has 0 saturated heterocycles. The van der Waals surface area contributed by atoms with Crippen LogP contribution in [-0.4, -0.2) is 15.9 Å². The number of anilines is 1. The van der Waals surface area contributed by atoms with Gasteiger partial charge in [0.1, 0.15) is 5.69 Å². The van der Waals surface area contributed by atoms with Crippen molar-refractivity contribution in [3.8, 4) is 10.4 Å². The number of H-pyrrole nitrogens is 1. The summed E-state index contributed by atoms with van der Waals surface area (Å²) in [7, 11) is 0. The maximum absolute atomic E-state index is 12.8. The highest BCUT2D eigenvalue weighted by Crippen LogP contribution is 2.36. The average Bonchev–Trinajstić information content (AvgIpc) is 3.09. The van der Waals surface area contributed by atoms with Gasteiger partial charge in [-0.1, -0.05) is 12.1 Å². The molecule has 0 spiro atoms. The number of benzene rings is 1. The van der Waals surface area contributed by atoms with Crippen LogP contribution < -0.4 is 10.9 Å². The lowest BCUT2D eigenvalue weighted by Gasteiger charge is -2.09. The molecule has 0 aliphatic heterocycles. The number of pyridine rings is 2. The van der Waals surface area contributed by atoms with Crippen molar-refractivity contribution >= 4 is 33.7 Å². The number of carbonyl (C=O) groups is 1. The Kier molecular flexibility index (Phi) is 4.90. The minimum absolute atomic E-state index is 0.00571. The van der Waals surface area contributed by atoms with Crippen molar-refractivity contribution in [2.75, 3.05) is 5.32 Å². The summed E-state index contributed by atoms with van der Waals surface area (Å²) in [5.74, 6) is -0.521. The molecule has 0 fully saturated rings. The number of carbonyl (C=O) groups excluding carboxylic acids is 1. The van der Waals surface area contributed by atoms with Crippen LogP contribution in [0.5, 0.6) is 0 Å². The number of aromatic amines is 1. The summed E-state index contributed by atoms with van der Waals surface area (Å²) in [5, 5.41) is 5.43. The van der Waals surface area contributed by atoms with Crippen molar-refractivity contribution in [2.24, 2.45) is 0 Å². The summed E-state index contributed by atoms with van der Waals surface area (Å²) in [6.07, 6.45) is -2.04. The van der Waals surface area contributed by atoms with Gasteiger partial charge in [-0.25, -0.2) is 0 Å². The summed E-state index contributed by atoms with van der Waals surface area (Å²) >= 11 is 1.33. The molecule has 0 unspecified atom stereocenters. The third-order valence-corrected chi connectivity index (χ3v) is 5.77. The predicted octanol–water partition coefficient (Wildman–Crippen LogP) is 5.23. The Morgan fingerprint density at radius 3 is 2.73 bits per heavy atom. The highest BCUT2D eigenvalue weighted by atomic mass is 32.1. The Morgan fingerprint density at radius 1 is 1.17 bits per heavy atom. The highest BCUT2D eigenvalue weighted by Gasteiger charge is 2.32. The molecule has 1 amide bonds. The molecule has 0 aliphatic rings. The SMILES string of the molecule is Cc1c(C(=O)Nc2ccnc(C(F)(F)F)c2)csc1-c1cccc2c(=O)[nH]ccc12. The molecule has 3 aromatic heterocycles. The Bertz CT molecular complexity index is 1330. The van der Waals surface area contributed by atoms with Crippen molar-refractivity contribution < 1.29 is 18.0 Å². The topological polar surface area (TPSA) is 74.8 Å². The zero-order valence-corrected chi connectivity index (χ0v) is 16.3. The van der Waals surface area contributed by atoms with E-state index in [1.165, 1.54) is 17.4 Å². The molecule has 4 rings (SSSR count). The summed E-state index contributed by atoms with van der Waals surface area (Å²) in [6, 6.07) is 9.23. The number of halogens is 3.